The van der Waals surface area contributed by atoms with Gasteiger partial charge in [-0.2, -0.15) is 0 Å². The van der Waals surface area contributed by atoms with E-state index in [0.29, 0.717) is 5.75 Å². The number of aryl methyl sites for hydroxylation is 1. The van der Waals surface area contributed by atoms with Gasteiger partial charge in [0, 0.05) is 35.0 Å². The topological polar surface area (TPSA) is 55.2 Å². The molecule has 0 aromatic heterocycles. The minimum atomic E-state index is -0.350. The van der Waals surface area contributed by atoms with Crippen molar-refractivity contribution < 1.29 is 4.92 Å². The highest BCUT2D eigenvalue weighted by Crippen LogP contribution is 2.30. The Morgan fingerprint density at radius 2 is 2.00 bits per heavy atom. The average molecular weight is 302 g/mol. The van der Waals surface area contributed by atoms with Crippen molar-refractivity contribution in [1.82, 2.24) is 0 Å². The molecule has 0 saturated heterocycles. The number of nitrogens with one attached hydrogen (secondary N) is 1. The van der Waals surface area contributed by atoms with Crippen LogP contribution < -0.4 is 5.32 Å². The van der Waals surface area contributed by atoms with Crippen LogP contribution in [0.4, 0.5) is 11.4 Å². The van der Waals surface area contributed by atoms with Gasteiger partial charge >= 0.3 is 0 Å². The van der Waals surface area contributed by atoms with Gasteiger partial charge in [0.1, 0.15) is 0 Å². The van der Waals surface area contributed by atoms with E-state index in [9.17, 15) is 10.1 Å². The van der Waals surface area contributed by atoms with Gasteiger partial charge in [0.25, 0.3) is 5.69 Å². The van der Waals surface area contributed by atoms with E-state index >= 15 is 0 Å². The number of anilines is 1. The van der Waals surface area contributed by atoms with Crippen molar-refractivity contribution in [2.24, 2.45) is 0 Å². The second kappa shape index (κ2) is 7.13. The first-order chi connectivity index (χ1) is 10.1. The molecule has 0 heterocycles. The van der Waals surface area contributed by atoms with Crippen molar-refractivity contribution in [2.75, 3.05) is 11.9 Å². The van der Waals surface area contributed by atoms with Crippen LogP contribution in [-0.2, 0) is 5.75 Å². The van der Waals surface area contributed by atoms with E-state index in [0.717, 1.165) is 17.8 Å². The molecule has 110 valence electrons. The second-order valence-electron chi connectivity index (χ2n) is 4.68. The van der Waals surface area contributed by atoms with Crippen LogP contribution >= 0.6 is 11.8 Å². The Bertz CT molecular complexity index is 644. The van der Waals surface area contributed by atoms with Gasteiger partial charge in [-0.3, -0.25) is 10.1 Å². The summed E-state index contributed by atoms with van der Waals surface area (Å²) in [5.74, 6) is 0.703. The normalized spacial score (nSPS) is 10.4. The maximum absolute atomic E-state index is 10.9. The summed E-state index contributed by atoms with van der Waals surface area (Å²) in [7, 11) is 0. The summed E-state index contributed by atoms with van der Waals surface area (Å²) in [6, 6.07) is 13.1. The summed E-state index contributed by atoms with van der Waals surface area (Å²) in [5.41, 5.74) is 3.28. The van der Waals surface area contributed by atoms with Gasteiger partial charge in [-0.1, -0.05) is 18.2 Å². The number of hydrogen-bond donors (Lipinski definition) is 1. The van der Waals surface area contributed by atoms with E-state index < -0.39 is 0 Å². The van der Waals surface area contributed by atoms with Crippen molar-refractivity contribution in [3.05, 3.63) is 63.7 Å². The Hall–Kier alpha value is -2.01. The molecule has 5 heteroatoms. The van der Waals surface area contributed by atoms with Gasteiger partial charge < -0.3 is 5.32 Å². The lowest BCUT2D eigenvalue weighted by Gasteiger charge is -2.11. The summed E-state index contributed by atoms with van der Waals surface area (Å²) < 4.78 is 0. The Labute approximate surface area is 128 Å². The predicted octanol–water partition coefficient (Wildman–Crippen LogP) is 4.63. The van der Waals surface area contributed by atoms with Crippen molar-refractivity contribution >= 4 is 23.1 Å². The molecule has 0 aliphatic heterocycles. The quantitative estimate of drug-likeness (QED) is 0.480. The lowest BCUT2D eigenvalue weighted by atomic mass is 10.2. The Balaban J connectivity index is 2.22. The first kappa shape index (κ1) is 15.4. The summed E-state index contributed by atoms with van der Waals surface area (Å²) in [5, 5.41) is 14.2. The van der Waals surface area contributed by atoms with E-state index in [4.69, 9.17) is 0 Å². The van der Waals surface area contributed by atoms with Crippen LogP contribution in [0.5, 0.6) is 0 Å². The number of nitrogens with zero attached hydrogens (tertiary/aromatic N) is 1. The fourth-order valence-corrected chi connectivity index (χ4v) is 3.07. The smallest absolute Gasteiger partial charge is 0.269 e. The molecule has 0 aliphatic carbocycles. The molecular formula is C16H18N2O2S. The first-order valence-corrected chi connectivity index (χ1v) is 7.80. The van der Waals surface area contributed by atoms with Crippen LogP contribution in [0, 0.1) is 17.0 Å². The third-order valence-electron chi connectivity index (χ3n) is 3.14. The standard InChI is InChI=1S/C16H18N2O2S/c1-3-17-15-9-8-14(18(19)20)10-13(15)11-21-16-7-5-4-6-12(16)2/h4-10,17H,3,11H2,1-2H3. The predicted molar refractivity (Wildman–Crippen MR) is 88.0 cm³/mol. The highest BCUT2D eigenvalue weighted by molar-refractivity contribution is 7.98. The Kier molecular flexibility index (Phi) is 5.22. The number of non-ortho nitro benzene ring substituents is 1. The maximum atomic E-state index is 10.9. The first-order valence-electron chi connectivity index (χ1n) is 6.81. The van der Waals surface area contributed by atoms with E-state index in [2.05, 4.69) is 24.4 Å². The van der Waals surface area contributed by atoms with Crippen LogP contribution in [0.2, 0.25) is 0 Å². The van der Waals surface area contributed by atoms with Crippen LogP contribution in [0.3, 0.4) is 0 Å². The molecule has 2 rings (SSSR count). The lowest BCUT2D eigenvalue weighted by molar-refractivity contribution is -0.384. The summed E-state index contributed by atoms with van der Waals surface area (Å²) >= 11 is 1.70. The molecule has 4 nitrogen and oxygen atoms in total. The number of thioether (sulfide) groups is 1. The molecule has 1 N–H and O–H groups in total. The van der Waals surface area contributed by atoms with E-state index in [1.54, 1.807) is 30.0 Å². The molecule has 0 aliphatic rings. The SMILES string of the molecule is CCNc1ccc([N+](=O)[O-])cc1CSc1ccccc1C. The third kappa shape index (κ3) is 3.98. The molecule has 0 spiro atoms. The molecule has 0 unspecified atom stereocenters. The average Bonchev–Trinajstić information content (AvgIpc) is 2.47. The minimum Gasteiger partial charge on any atom is -0.385 e. The van der Waals surface area contributed by atoms with Crippen LogP contribution in [0.25, 0.3) is 0 Å². The van der Waals surface area contributed by atoms with Gasteiger partial charge in [-0.05, 0) is 37.1 Å². The molecule has 0 bridgehead atoms. The largest absolute Gasteiger partial charge is 0.385 e. The maximum Gasteiger partial charge on any atom is 0.269 e. The highest BCUT2D eigenvalue weighted by atomic mass is 32.2. The Morgan fingerprint density at radius 1 is 1.24 bits per heavy atom. The molecular weight excluding hydrogens is 284 g/mol. The van der Waals surface area contributed by atoms with Gasteiger partial charge in [0.2, 0.25) is 0 Å². The van der Waals surface area contributed by atoms with Gasteiger partial charge in [-0.15, -0.1) is 11.8 Å². The van der Waals surface area contributed by atoms with Crippen LogP contribution in [0.15, 0.2) is 47.4 Å². The molecule has 2 aromatic rings. The number of benzene rings is 2. The van der Waals surface area contributed by atoms with Crippen molar-refractivity contribution in [3.63, 3.8) is 0 Å². The Morgan fingerprint density at radius 3 is 2.67 bits per heavy atom. The number of rotatable bonds is 6. The third-order valence-corrected chi connectivity index (χ3v) is 4.37. The monoisotopic (exact) mass is 302 g/mol. The minimum absolute atomic E-state index is 0.136. The molecule has 0 fully saturated rings. The molecule has 0 saturated carbocycles. The van der Waals surface area contributed by atoms with E-state index in [-0.39, 0.29) is 10.6 Å². The zero-order valence-corrected chi connectivity index (χ0v) is 12.9. The van der Waals surface area contributed by atoms with Gasteiger partial charge in [0.15, 0.2) is 0 Å². The van der Waals surface area contributed by atoms with Gasteiger partial charge in [0.05, 0.1) is 4.92 Å². The molecule has 21 heavy (non-hydrogen) atoms. The molecule has 0 radical (unpaired) electrons. The molecule has 0 amide bonds. The van der Waals surface area contributed by atoms with E-state index in [1.807, 2.05) is 19.1 Å². The fraction of sp³-hybridized carbons (Fsp3) is 0.250. The zero-order valence-electron chi connectivity index (χ0n) is 12.1. The highest BCUT2D eigenvalue weighted by Gasteiger charge is 2.11. The van der Waals surface area contributed by atoms with E-state index in [1.165, 1.54) is 10.5 Å². The van der Waals surface area contributed by atoms with Crippen molar-refractivity contribution in [3.8, 4) is 0 Å². The fourth-order valence-electron chi connectivity index (χ4n) is 2.05. The molecule has 0 atom stereocenters. The lowest BCUT2D eigenvalue weighted by Crippen LogP contribution is -2.01. The number of hydrogen-bond acceptors (Lipinski definition) is 4. The van der Waals surface area contributed by atoms with Crippen LogP contribution in [0.1, 0.15) is 18.1 Å². The summed E-state index contributed by atoms with van der Waals surface area (Å²) in [6.45, 7) is 4.88. The van der Waals surface area contributed by atoms with Crippen molar-refractivity contribution in [2.45, 2.75) is 24.5 Å². The summed E-state index contributed by atoms with van der Waals surface area (Å²) in [6.07, 6.45) is 0. The number of nitro benzene ring substituents is 1. The van der Waals surface area contributed by atoms with Gasteiger partial charge in [-0.25, -0.2) is 0 Å². The number of nitro groups is 1. The van der Waals surface area contributed by atoms with Crippen LogP contribution in [-0.4, -0.2) is 11.5 Å². The summed E-state index contributed by atoms with van der Waals surface area (Å²) in [4.78, 5) is 11.8. The zero-order chi connectivity index (χ0) is 15.2. The second-order valence-corrected chi connectivity index (χ2v) is 5.70. The molecule has 2 aromatic carbocycles. The van der Waals surface area contributed by atoms with Crippen molar-refractivity contribution in [1.29, 1.82) is 0 Å².